The zero-order valence-corrected chi connectivity index (χ0v) is 61.3. The second-order valence-corrected chi connectivity index (χ2v) is 30.6. The van der Waals surface area contributed by atoms with Crippen molar-refractivity contribution in [2.75, 3.05) is 109 Å². The Balaban J connectivity index is 0.876. The van der Waals surface area contributed by atoms with Crippen LogP contribution in [0.1, 0.15) is 130 Å². The molecule has 12 rings (SSSR count). The number of amides is 2. The number of hydrogen-bond acceptors (Lipinski definition) is 16. The molecular weight excluding hydrogens is 1270 g/mol. The lowest BCUT2D eigenvalue weighted by Gasteiger charge is -2.36. The summed E-state index contributed by atoms with van der Waals surface area (Å²) in [4.78, 5) is 78.1. The molecule has 23 heteroatoms. The molecule has 2 amide bonds. The van der Waals surface area contributed by atoms with Crippen LogP contribution in [-0.2, 0) is 56.2 Å². The number of aromatic nitrogens is 7. The summed E-state index contributed by atoms with van der Waals surface area (Å²) in [6.45, 7) is 29.6. The van der Waals surface area contributed by atoms with Crippen LogP contribution in [0.3, 0.4) is 0 Å². The molecule has 0 spiro atoms. The Morgan fingerprint density at radius 2 is 1.50 bits per heavy atom. The smallest absolute Gasteiger partial charge is 0.287 e. The topological polar surface area (TPSA) is 247 Å². The fourth-order valence-electron chi connectivity index (χ4n) is 14.4. The van der Waals surface area contributed by atoms with Crippen LogP contribution >= 0.6 is 0 Å². The van der Waals surface area contributed by atoms with E-state index in [0.29, 0.717) is 89.4 Å². The maximum absolute atomic E-state index is 14.1. The van der Waals surface area contributed by atoms with Crippen LogP contribution in [0.4, 0.5) is 22.7 Å². The molecule has 2 saturated heterocycles. The molecule has 8 aromatic rings. The number of Topliss-reactive ketones (excluding diaryl/α,β-unsaturated/α-hetero) is 2. The Bertz CT molecular complexity index is 4330. The standard InChI is InChI=1S/C78H103N17O6/c1-12-56-39-52(2)69(96)19-14-37-100-60-18-13-17-55(42-60)75-84-65-43-54(74-82-63-24-22-58(44-64(63)83-74)90-33-29-88(10)30-34-90)21-25-67(65)94(75)51-77(6,7)62-41-53(47-95-68-26-23-59(45-66(68)86-95)91-35-31-89(11)32-36-91)40-61(76(3,4)5)73(62)101-38-15-20-72(99)80-27-16-28-93-49-57(85-87-93)48-92(50-71(79)98)78(8,9)70(97)46-81-56/h13,17-18,21-26,40-45,49,52,56,81H,12,14-16,19-20,27-39,46-48,50-51H2,1-11H3,(H3-,79,80,82,83,98,99)/p+2. The molecule has 4 aliphatic rings. The molecule has 4 bridgehead atoms. The number of hydrogen-bond donors (Lipinski definition) is 5. The lowest BCUT2D eigenvalue weighted by molar-refractivity contribution is -0.668. The summed E-state index contributed by atoms with van der Waals surface area (Å²) < 4.78 is 19.9. The van der Waals surface area contributed by atoms with Crippen molar-refractivity contribution in [3.8, 4) is 34.3 Å². The van der Waals surface area contributed by atoms with Crippen LogP contribution in [0.2, 0.25) is 0 Å². The molecule has 101 heavy (non-hydrogen) atoms. The number of nitrogens with one attached hydrogen (secondary N) is 4. The van der Waals surface area contributed by atoms with Gasteiger partial charge in [0.2, 0.25) is 17.5 Å². The molecule has 0 radical (unpaired) electrons. The van der Waals surface area contributed by atoms with Crippen LogP contribution < -0.4 is 40.2 Å². The summed E-state index contributed by atoms with van der Waals surface area (Å²) in [5.74, 6) is 2.27. The van der Waals surface area contributed by atoms with Crippen LogP contribution in [-0.4, -0.2) is 184 Å². The number of primary amides is 1. The first-order chi connectivity index (χ1) is 48.3. The van der Waals surface area contributed by atoms with Gasteiger partial charge in [0.05, 0.1) is 54.1 Å². The Morgan fingerprint density at radius 1 is 0.772 bits per heavy atom. The number of fused-ring (bicyclic) bond motifs is 11. The van der Waals surface area contributed by atoms with Crippen molar-refractivity contribution in [2.24, 2.45) is 16.8 Å². The van der Waals surface area contributed by atoms with Gasteiger partial charge in [-0.3, -0.25) is 28.8 Å². The van der Waals surface area contributed by atoms with Gasteiger partial charge in [0.1, 0.15) is 29.7 Å². The van der Waals surface area contributed by atoms with E-state index in [-0.39, 0.29) is 60.9 Å². The van der Waals surface area contributed by atoms with E-state index < -0.39 is 16.9 Å². The summed E-state index contributed by atoms with van der Waals surface area (Å²) in [6.07, 6.45) is 5.28. The molecule has 0 saturated carbocycles. The second kappa shape index (κ2) is 30.7. The minimum absolute atomic E-state index is 0.0375. The highest BCUT2D eigenvalue weighted by atomic mass is 16.5. The highest BCUT2D eigenvalue weighted by Gasteiger charge is 2.39. The first-order valence-corrected chi connectivity index (χ1v) is 36.4. The van der Waals surface area contributed by atoms with Gasteiger partial charge >= 0.3 is 0 Å². The highest BCUT2D eigenvalue weighted by Crippen LogP contribution is 2.45. The average Bonchev–Trinajstić information content (AvgIpc) is 1.72. The van der Waals surface area contributed by atoms with Crippen molar-refractivity contribution in [1.82, 2.24) is 55.3 Å². The first kappa shape index (κ1) is 71.9. The number of anilines is 2. The van der Waals surface area contributed by atoms with E-state index >= 15 is 0 Å². The zero-order valence-electron chi connectivity index (χ0n) is 61.3. The van der Waals surface area contributed by atoms with Crippen molar-refractivity contribution in [3.05, 3.63) is 120 Å². The number of piperazine rings is 2. The number of H-pyrrole nitrogens is 2. The highest BCUT2D eigenvalue weighted by molar-refractivity contribution is 5.90. The molecule has 536 valence electrons. The number of aromatic amines is 2. The van der Waals surface area contributed by atoms with Gasteiger partial charge in [-0.05, 0) is 132 Å². The fraction of sp³-hybridized carbons (Fsp3) is 0.513. The molecule has 2 fully saturated rings. The number of azo groups is 2. The molecule has 3 aromatic heterocycles. The number of nitrogens with two attached hydrogens (primary N) is 1. The van der Waals surface area contributed by atoms with Gasteiger partial charge in [0.25, 0.3) is 11.5 Å². The van der Waals surface area contributed by atoms with Crippen LogP contribution in [0, 0.1) is 5.92 Å². The Hall–Kier alpha value is -8.90. The number of likely N-dealkylation sites (N-methyl/N-ethyl adjacent to an activating group) is 2. The molecule has 6 N–H and O–H groups in total. The number of carbonyl (C=O) groups is 4. The lowest BCUT2D eigenvalue weighted by Crippen LogP contribution is -2.55. The SMILES string of the molecule is CCC1CC(C)C(=O)CCCOc2cccc(c2)-c2[nH]c3cc(-c4nc5ccc(N6CCN(C)CC6)cc5[nH]4)ccc3[n+]2CC(C)(C)c2cc(C[N+]3=Nc4cc(N5CCN(C)CC5)ccc43)cc(C(C)(C)C)c2OCCCC(=O)NCCCn2cc(nn2)CN(CC(N)=O)C(C)(C)C(=O)CN1. The van der Waals surface area contributed by atoms with Crippen LogP contribution in [0.25, 0.3) is 44.8 Å². The van der Waals surface area contributed by atoms with Crippen molar-refractivity contribution in [3.63, 3.8) is 0 Å². The predicted molar refractivity (Wildman–Crippen MR) is 395 cm³/mol. The van der Waals surface area contributed by atoms with E-state index in [1.54, 1.807) is 29.6 Å². The number of carbonyl (C=O) groups excluding carboxylic acids is 4. The largest absolute Gasteiger partial charge is 0.494 e. The molecule has 23 nitrogen and oxygen atoms in total. The third-order valence-electron chi connectivity index (χ3n) is 20.9. The van der Waals surface area contributed by atoms with E-state index in [2.05, 4.69) is 187 Å². The van der Waals surface area contributed by atoms with E-state index in [0.717, 1.165) is 131 Å². The molecule has 0 aliphatic carbocycles. The van der Waals surface area contributed by atoms with E-state index in [1.165, 1.54) is 11.4 Å². The van der Waals surface area contributed by atoms with Gasteiger partial charge in [-0.1, -0.05) is 64.4 Å². The Morgan fingerprint density at radius 3 is 2.22 bits per heavy atom. The zero-order chi connectivity index (χ0) is 71.3. The Kier molecular flexibility index (Phi) is 21.9. The summed E-state index contributed by atoms with van der Waals surface area (Å²) >= 11 is 0. The maximum Gasteiger partial charge on any atom is 0.287 e. The molecular formula is C78H105N17O6+2. The van der Waals surface area contributed by atoms with E-state index in [1.807, 2.05) is 26.0 Å². The summed E-state index contributed by atoms with van der Waals surface area (Å²) in [6, 6.07) is 32.4. The van der Waals surface area contributed by atoms with Gasteiger partial charge in [-0.25, -0.2) is 14.5 Å². The number of ether oxygens (including phenoxy) is 2. The average molecular weight is 1380 g/mol. The van der Waals surface area contributed by atoms with Gasteiger partial charge in [0.15, 0.2) is 23.4 Å². The normalized spacial score (nSPS) is 20.3. The third kappa shape index (κ3) is 17.0. The van der Waals surface area contributed by atoms with Crippen molar-refractivity contribution in [2.45, 2.75) is 156 Å². The number of benzene rings is 5. The number of nitrogens with zero attached hydrogens (tertiary/aromatic N) is 12. The Labute approximate surface area is 594 Å². The number of ketones is 2. The summed E-state index contributed by atoms with van der Waals surface area (Å²) in [7, 11) is 4.36. The minimum atomic E-state index is -1.10. The molecule has 2 atom stereocenters. The molecule has 4 aliphatic heterocycles. The monoisotopic (exact) mass is 1380 g/mol. The van der Waals surface area contributed by atoms with Gasteiger partial charge in [0, 0.05) is 165 Å². The molecule has 2 unspecified atom stereocenters. The number of rotatable bonds is 8. The number of imidazole rings is 2. The van der Waals surface area contributed by atoms with Crippen LogP contribution in [0.15, 0.2) is 102 Å². The summed E-state index contributed by atoms with van der Waals surface area (Å²) in [5.41, 5.74) is 17.7. The van der Waals surface area contributed by atoms with Gasteiger partial charge in [-0.15, -0.1) is 5.10 Å². The van der Waals surface area contributed by atoms with Gasteiger partial charge in [-0.2, -0.15) is 0 Å². The van der Waals surface area contributed by atoms with E-state index in [4.69, 9.17) is 25.3 Å². The maximum atomic E-state index is 14.1. The predicted octanol–water partition coefficient (Wildman–Crippen LogP) is 10.1. The molecule has 5 aromatic carbocycles. The van der Waals surface area contributed by atoms with Crippen molar-refractivity contribution in [1.29, 1.82) is 0 Å². The van der Waals surface area contributed by atoms with Crippen LogP contribution in [0.5, 0.6) is 11.5 Å². The second-order valence-electron chi connectivity index (χ2n) is 30.6. The fourth-order valence-corrected chi connectivity index (χ4v) is 14.4. The summed E-state index contributed by atoms with van der Waals surface area (Å²) in [5, 5.41) is 20.4. The van der Waals surface area contributed by atoms with E-state index in [9.17, 15) is 19.2 Å². The minimum Gasteiger partial charge on any atom is -0.494 e. The van der Waals surface area contributed by atoms with Crippen molar-refractivity contribution < 1.29 is 37.9 Å². The first-order valence-electron chi connectivity index (χ1n) is 36.4. The quantitative estimate of drug-likeness (QED) is 0.0888. The lowest BCUT2D eigenvalue weighted by atomic mass is 9.77. The molecule has 7 heterocycles. The number of aryl methyl sites for hydroxylation is 1. The van der Waals surface area contributed by atoms with Crippen molar-refractivity contribution >= 4 is 68.2 Å². The third-order valence-corrected chi connectivity index (χ3v) is 20.9. The van der Waals surface area contributed by atoms with Gasteiger partial charge < -0.3 is 50.4 Å².